The van der Waals surface area contributed by atoms with Gasteiger partial charge in [0, 0.05) is 0 Å². The number of ether oxygens (including phenoxy) is 2. The Morgan fingerprint density at radius 3 is 1.19 bits per heavy atom. The van der Waals surface area contributed by atoms with Crippen molar-refractivity contribution in [2.24, 2.45) is 0 Å². The van der Waals surface area contributed by atoms with Gasteiger partial charge in [0.1, 0.15) is 0 Å². The van der Waals surface area contributed by atoms with E-state index in [9.17, 15) is 9.59 Å². The Morgan fingerprint density at radius 2 is 0.846 bits per heavy atom. The van der Waals surface area contributed by atoms with Crippen LogP contribution in [-0.2, 0) is 9.47 Å². The quantitative estimate of drug-likeness (QED) is 0.164. The van der Waals surface area contributed by atoms with Crippen molar-refractivity contribution >= 4 is 12.3 Å². The smallest absolute Gasteiger partial charge is 0.450 e. The van der Waals surface area contributed by atoms with E-state index in [0.717, 1.165) is 51.4 Å². The molecule has 0 radical (unpaired) electrons. The Labute approximate surface area is 157 Å². The van der Waals surface area contributed by atoms with Crippen LogP contribution < -0.4 is 0 Å². The van der Waals surface area contributed by atoms with E-state index in [1.807, 2.05) is 0 Å². The van der Waals surface area contributed by atoms with Gasteiger partial charge in [-0.05, 0) is 38.5 Å². The fourth-order valence-corrected chi connectivity index (χ4v) is 2.70. The number of carbonyl (C=O) groups is 2. The molecule has 6 nitrogen and oxygen atoms in total. The van der Waals surface area contributed by atoms with Crippen LogP contribution >= 0.6 is 0 Å². The van der Waals surface area contributed by atoms with Crippen LogP contribution in [-0.4, -0.2) is 35.7 Å². The SMILES string of the molecule is O=C(O)OCCCCCCCC/C=C/CCCCCCCCOC(=O)O. The van der Waals surface area contributed by atoms with Crippen molar-refractivity contribution in [2.75, 3.05) is 13.2 Å². The summed E-state index contributed by atoms with van der Waals surface area (Å²) >= 11 is 0. The molecule has 0 rings (SSSR count). The van der Waals surface area contributed by atoms with Crippen LogP contribution in [0.3, 0.4) is 0 Å². The molecule has 0 bridgehead atoms. The molecule has 0 atom stereocenters. The zero-order valence-electron chi connectivity index (χ0n) is 16.0. The van der Waals surface area contributed by atoms with Crippen LogP contribution in [0.15, 0.2) is 12.2 Å². The third-order valence-electron chi connectivity index (χ3n) is 4.15. The lowest BCUT2D eigenvalue weighted by molar-refractivity contribution is 0.0887. The van der Waals surface area contributed by atoms with Gasteiger partial charge in [-0.3, -0.25) is 0 Å². The highest BCUT2D eigenvalue weighted by Crippen LogP contribution is 2.10. The maximum Gasteiger partial charge on any atom is 0.505 e. The van der Waals surface area contributed by atoms with E-state index >= 15 is 0 Å². The number of unbranched alkanes of at least 4 members (excludes halogenated alkanes) is 12. The first-order valence-electron chi connectivity index (χ1n) is 9.99. The second kappa shape index (κ2) is 19.6. The Hall–Kier alpha value is -1.72. The first-order valence-corrected chi connectivity index (χ1v) is 9.99. The molecule has 152 valence electrons. The molecule has 0 saturated carbocycles. The van der Waals surface area contributed by atoms with E-state index < -0.39 is 12.3 Å². The lowest BCUT2D eigenvalue weighted by Crippen LogP contribution is -2.01. The largest absolute Gasteiger partial charge is 0.505 e. The minimum Gasteiger partial charge on any atom is -0.450 e. The molecule has 0 aromatic carbocycles. The normalized spacial score (nSPS) is 10.9. The summed E-state index contributed by atoms with van der Waals surface area (Å²) in [4.78, 5) is 20.3. The van der Waals surface area contributed by atoms with Crippen molar-refractivity contribution < 1.29 is 29.3 Å². The molecule has 0 aromatic heterocycles. The van der Waals surface area contributed by atoms with Gasteiger partial charge in [-0.1, -0.05) is 63.5 Å². The maximum absolute atomic E-state index is 10.2. The summed E-state index contributed by atoms with van der Waals surface area (Å²) in [6.07, 6.45) is 17.8. The highest BCUT2D eigenvalue weighted by molar-refractivity contribution is 5.56. The standard InChI is InChI=1S/C20H36O6/c21-19(22)25-17-15-13-11-9-7-5-3-1-2-4-6-8-10-12-14-16-18-26-20(23)24/h1-2H,3-18H2,(H,21,22)(H,23,24)/b2-1+. The van der Waals surface area contributed by atoms with E-state index in [2.05, 4.69) is 21.6 Å². The fourth-order valence-electron chi connectivity index (χ4n) is 2.70. The first kappa shape index (κ1) is 24.3. The predicted molar refractivity (Wildman–Crippen MR) is 102 cm³/mol. The number of hydrogen-bond donors (Lipinski definition) is 2. The molecule has 26 heavy (non-hydrogen) atoms. The molecule has 6 heteroatoms. The van der Waals surface area contributed by atoms with Gasteiger partial charge in [0.15, 0.2) is 0 Å². The van der Waals surface area contributed by atoms with Crippen molar-refractivity contribution in [2.45, 2.75) is 89.9 Å². The third-order valence-corrected chi connectivity index (χ3v) is 4.15. The van der Waals surface area contributed by atoms with Crippen molar-refractivity contribution in [3.05, 3.63) is 12.2 Å². The van der Waals surface area contributed by atoms with Gasteiger partial charge in [-0.25, -0.2) is 9.59 Å². The van der Waals surface area contributed by atoms with Gasteiger partial charge < -0.3 is 19.7 Å². The van der Waals surface area contributed by atoms with E-state index in [4.69, 9.17) is 10.2 Å². The molecular formula is C20H36O6. The average molecular weight is 373 g/mol. The summed E-state index contributed by atoms with van der Waals surface area (Å²) < 4.78 is 8.92. The van der Waals surface area contributed by atoms with Crippen LogP contribution in [0.2, 0.25) is 0 Å². The van der Waals surface area contributed by atoms with Crippen molar-refractivity contribution in [3.8, 4) is 0 Å². The van der Waals surface area contributed by atoms with Crippen LogP contribution in [0.5, 0.6) is 0 Å². The van der Waals surface area contributed by atoms with Crippen LogP contribution in [0.1, 0.15) is 89.9 Å². The minimum atomic E-state index is -1.18. The lowest BCUT2D eigenvalue weighted by atomic mass is 10.1. The van der Waals surface area contributed by atoms with Crippen molar-refractivity contribution in [1.29, 1.82) is 0 Å². The summed E-state index contributed by atoms with van der Waals surface area (Å²) in [5, 5.41) is 16.6. The molecule has 0 fully saturated rings. The molecule has 0 saturated heterocycles. The molecule has 0 spiro atoms. The van der Waals surface area contributed by atoms with Gasteiger partial charge in [0.05, 0.1) is 13.2 Å². The molecule has 0 aliphatic rings. The van der Waals surface area contributed by atoms with Crippen LogP contribution in [0.25, 0.3) is 0 Å². The van der Waals surface area contributed by atoms with Gasteiger partial charge in [-0.15, -0.1) is 0 Å². The average Bonchev–Trinajstić information content (AvgIpc) is 2.59. The van der Waals surface area contributed by atoms with Gasteiger partial charge in [0.25, 0.3) is 0 Å². The summed E-state index contributed by atoms with van der Waals surface area (Å²) in [5.41, 5.74) is 0. The topological polar surface area (TPSA) is 93.1 Å². The highest BCUT2D eigenvalue weighted by Gasteiger charge is 1.97. The molecule has 2 N–H and O–H groups in total. The summed E-state index contributed by atoms with van der Waals surface area (Å²) in [5.74, 6) is 0. The molecule has 0 aliphatic heterocycles. The Kier molecular flexibility index (Phi) is 18.3. The van der Waals surface area contributed by atoms with Gasteiger partial charge in [0.2, 0.25) is 0 Å². The molecule has 0 aromatic rings. The summed E-state index contributed by atoms with van der Waals surface area (Å²) in [6.45, 7) is 0.633. The Balaban J connectivity index is 3.11. The second-order valence-corrected chi connectivity index (χ2v) is 6.52. The van der Waals surface area contributed by atoms with E-state index in [1.54, 1.807) is 0 Å². The van der Waals surface area contributed by atoms with Crippen LogP contribution in [0.4, 0.5) is 9.59 Å². The van der Waals surface area contributed by atoms with Gasteiger partial charge in [-0.2, -0.15) is 0 Å². The maximum atomic E-state index is 10.2. The molecule has 0 heterocycles. The number of rotatable bonds is 18. The molecule has 0 amide bonds. The molecule has 0 unspecified atom stereocenters. The zero-order chi connectivity index (χ0) is 19.3. The van der Waals surface area contributed by atoms with Gasteiger partial charge >= 0.3 is 12.3 Å². The number of carboxylic acid groups (broad SMARTS) is 2. The van der Waals surface area contributed by atoms with E-state index in [-0.39, 0.29) is 0 Å². The minimum absolute atomic E-state index is 0.317. The molecule has 0 aliphatic carbocycles. The lowest BCUT2D eigenvalue weighted by Gasteiger charge is -2.01. The predicted octanol–water partition coefficient (Wildman–Crippen LogP) is 6.39. The summed E-state index contributed by atoms with van der Waals surface area (Å²) in [7, 11) is 0. The monoisotopic (exact) mass is 372 g/mol. The van der Waals surface area contributed by atoms with E-state index in [1.165, 1.54) is 38.5 Å². The van der Waals surface area contributed by atoms with Crippen molar-refractivity contribution in [3.63, 3.8) is 0 Å². The van der Waals surface area contributed by atoms with Crippen molar-refractivity contribution in [1.82, 2.24) is 0 Å². The summed E-state index contributed by atoms with van der Waals surface area (Å²) in [6, 6.07) is 0. The number of hydrogen-bond acceptors (Lipinski definition) is 4. The van der Waals surface area contributed by atoms with Crippen LogP contribution in [0, 0.1) is 0 Å². The first-order chi connectivity index (χ1) is 12.6. The Morgan fingerprint density at radius 1 is 0.538 bits per heavy atom. The fraction of sp³-hybridized carbons (Fsp3) is 0.800. The third kappa shape index (κ3) is 22.3. The molecular weight excluding hydrogens is 336 g/mol. The highest BCUT2D eigenvalue weighted by atomic mass is 16.7. The second-order valence-electron chi connectivity index (χ2n) is 6.52. The number of allylic oxidation sites excluding steroid dienone is 2. The zero-order valence-corrected chi connectivity index (χ0v) is 16.0. The Bertz CT molecular complexity index is 333. The van der Waals surface area contributed by atoms with E-state index in [0.29, 0.717) is 13.2 Å².